The van der Waals surface area contributed by atoms with E-state index in [1.807, 2.05) is 24.3 Å². The first-order valence-corrected chi connectivity index (χ1v) is 11.2. The number of likely N-dealkylation sites (tertiary alicyclic amines) is 1. The summed E-state index contributed by atoms with van der Waals surface area (Å²) in [6, 6.07) is 18.5. The number of carboxylic acid groups (broad SMARTS) is 1. The third kappa shape index (κ3) is 4.41. The molecule has 31 heavy (non-hydrogen) atoms. The fourth-order valence-electron chi connectivity index (χ4n) is 4.49. The molecule has 0 saturated carbocycles. The third-order valence-corrected chi connectivity index (χ3v) is 6.74. The molecule has 1 heterocycles. The number of fused-ring (bicyclic) bond motifs is 1. The van der Waals surface area contributed by atoms with Crippen LogP contribution in [-0.2, 0) is 4.79 Å². The Morgan fingerprint density at radius 1 is 1.06 bits per heavy atom. The lowest BCUT2D eigenvalue weighted by molar-refractivity contribution is -0.143. The van der Waals surface area contributed by atoms with Crippen molar-refractivity contribution in [1.82, 2.24) is 4.90 Å². The number of methoxy groups -OCH3 is 2. The Labute approximate surface area is 190 Å². The predicted octanol–water partition coefficient (Wildman–Crippen LogP) is 5.51. The summed E-state index contributed by atoms with van der Waals surface area (Å²) >= 11 is 3.73. The predicted molar refractivity (Wildman–Crippen MR) is 125 cm³/mol. The molecule has 0 spiro atoms. The number of benzene rings is 3. The lowest BCUT2D eigenvalue weighted by Gasteiger charge is -2.38. The molecule has 1 fully saturated rings. The molecule has 0 aromatic heterocycles. The Morgan fingerprint density at radius 3 is 2.48 bits per heavy atom. The van der Waals surface area contributed by atoms with Crippen LogP contribution in [0.2, 0.25) is 0 Å². The summed E-state index contributed by atoms with van der Waals surface area (Å²) < 4.78 is 11.9. The second-order valence-corrected chi connectivity index (χ2v) is 8.76. The number of hydrogen-bond donors (Lipinski definition) is 1. The average Bonchev–Trinajstić information content (AvgIpc) is 2.80. The fraction of sp³-hybridized carbons (Fsp3) is 0.320. The maximum atomic E-state index is 11.7. The van der Waals surface area contributed by atoms with Crippen LogP contribution >= 0.6 is 15.9 Å². The lowest BCUT2D eigenvalue weighted by Crippen LogP contribution is -2.41. The molecule has 1 N–H and O–H groups in total. The molecule has 1 aliphatic rings. The third-order valence-electron chi connectivity index (χ3n) is 6.05. The number of nitrogens with zero attached hydrogens (tertiary/aromatic N) is 1. The van der Waals surface area contributed by atoms with Crippen LogP contribution in [0.15, 0.2) is 59.1 Å². The Kier molecular flexibility index (Phi) is 6.49. The van der Waals surface area contributed by atoms with Gasteiger partial charge in [0.05, 0.1) is 26.2 Å². The molecule has 0 radical (unpaired) electrons. The summed E-state index contributed by atoms with van der Waals surface area (Å²) in [5.41, 5.74) is 2.15. The zero-order valence-corrected chi connectivity index (χ0v) is 19.3. The quantitative estimate of drug-likeness (QED) is 0.501. The van der Waals surface area contributed by atoms with E-state index in [0.29, 0.717) is 24.5 Å². The summed E-state index contributed by atoms with van der Waals surface area (Å²) in [5, 5.41) is 12.0. The van der Waals surface area contributed by atoms with E-state index >= 15 is 0 Å². The SMILES string of the molecule is COc1cc(Br)c(C(c2ccc3ccccc3c2)N2CCCC(C(=O)O)C2)cc1OC. The minimum atomic E-state index is -0.728. The van der Waals surface area contributed by atoms with Crippen molar-refractivity contribution in [3.05, 3.63) is 70.2 Å². The van der Waals surface area contributed by atoms with Crippen LogP contribution in [0.4, 0.5) is 0 Å². The molecule has 3 aromatic rings. The Morgan fingerprint density at radius 2 is 1.77 bits per heavy atom. The largest absolute Gasteiger partial charge is 0.493 e. The van der Waals surface area contributed by atoms with Crippen molar-refractivity contribution in [3.63, 3.8) is 0 Å². The molecule has 2 atom stereocenters. The average molecular weight is 484 g/mol. The van der Waals surface area contributed by atoms with Crippen molar-refractivity contribution in [1.29, 1.82) is 0 Å². The van der Waals surface area contributed by atoms with Crippen molar-refractivity contribution in [2.45, 2.75) is 18.9 Å². The number of hydrogen-bond acceptors (Lipinski definition) is 4. The van der Waals surface area contributed by atoms with Gasteiger partial charge in [0, 0.05) is 11.0 Å². The molecule has 6 heteroatoms. The van der Waals surface area contributed by atoms with Gasteiger partial charge in [-0.15, -0.1) is 0 Å². The molecule has 162 valence electrons. The number of halogens is 1. The highest BCUT2D eigenvalue weighted by Crippen LogP contribution is 2.42. The highest BCUT2D eigenvalue weighted by Gasteiger charge is 2.33. The summed E-state index contributed by atoms with van der Waals surface area (Å²) in [5.74, 6) is 0.208. The van der Waals surface area contributed by atoms with Gasteiger partial charge in [-0.2, -0.15) is 0 Å². The van der Waals surface area contributed by atoms with Crippen LogP contribution in [0.3, 0.4) is 0 Å². The number of aliphatic carboxylic acids is 1. The van der Waals surface area contributed by atoms with Crippen LogP contribution in [-0.4, -0.2) is 43.3 Å². The minimum Gasteiger partial charge on any atom is -0.493 e. The fourth-order valence-corrected chi connectivity index (χ4v) is 5.03. The van der Waals surface area contributed by atoms with Gasteiger partial charge in [-0.3, -0.25) is 9.69 Å². The Balaban J connectivity index is 1.85. The first kappa shape index (κ1) is 21.7. The molecule has 4 rings (SSSR count). The number of carbonyl (C=O) groups is 1. The van der Waals surface area contributed by atoms with Crippen LogP contribution in [0, 0.1) is 5.92 Å². The maximum Gasteiger partial charge on any atom is 0.307 e. The maximum absolute atomic E-state index is 11.7. The van der Waals surface area contributed by atoms with Crippen LogP contribution in [0.5, 0.6) is 11.5 Å². The van der Waals surface area contributed by atoms with Gasteiger partial charge in [-0.1, -0.05) is 52.3 Å². The van der Waals surface area contributed by atoms with Gasteiger partial charge in [-0.05, 0) is 59.5 Å². The van der Waals surface area contributed by atoms with Crippen LogP contribution in [0.25, 0.3) is 10.8 Å². The summed E-state index contributed by atoms with van der Waals surface area (Å²) in [7, 11) is 3.24. The molecular weight excluding hydrogens is 458 g/mol. The molecular formula is C25H26BrNO4. The number of piperidine rings is 1. The van der Waals surface area contributed by atoms with E-state index in [9.17, 15) is 9.90 Å². The summed E-state index contributed by atoms with van der Waals surface area (Å²) in [4.78, 5) is 14.0. The molecule has 2 unspecified atom stereocenters. The van der Waals surface area contributed by atoms with Crippen molar-refractivity contribution >= 4 is 32.7 Å². The number of rotatable bonds is 6. The van der Waals surface area contributed by atoms with E-state index in [1.165, 1.54) is 5.39 Å². The Hall–Kier alpha value is -2.57. The van der Waals surface area contributed by atoms with Crippen LogP contribution in [0.1, 0.15) is 30.0 Å². The smallest absolute Gasteiger partial charge is 0.307 e. The first-order chi connectivity index (χ1) is 15.0. The molecule has 0 bridgehead atoms. The molecule has 1 aliphatic heterocycles. The molecule has 3 aromatic carbocycles. The highest BCUT2D eigenvalue weighted by atomic mass is 79.9. The van der Waals surface area contributed by atoms with Gasteiger partial charge >= 0.3 is 5.97 Å². The summed E-state index contributed by atoms with van der Waals surface area (Å²) in [6.45, 7) is 1.34. The van der Waals surface area contributed by atoms with E-state index < -0.39 is 5.97 Å². The molecule has 1 saturated heterocycles. The zero-order chi connectivity index (χ0) is 22.0. The van der Waals surface area contributed by atoms with E-state index in [2.05, 4.69) is 51.2 Å². The van der Waals surface area contributed by atoms with Gasteiger partial charge in [-0.25, -0.2) is 0 Å². The van der Waals surface area contributed by atoms with E-state index in [1.54, 1.807) is 14.2 Å². The van der Waals surface area contributed by atoms with Gasteiger partial charge < -0.3 is 14.6 Å². The normalized spacial score (nSPS) is 18.0. The van der Waals surface area contributed by atoms with Crippen molar-refractivity contribution in [2.75, 3.05) is 27.3 Å². The van der Waals surface area contributed by atoms with Gasteiger partial charge in [0.25, 0.3) is 0 Å². The monoisotopic (exact) mass is 483 g/mol. The van der Waals surface area contributed by atoms with E-state index in [0.717, 1.165) is 34.0 Å². The van der Waals surface area contributed by atoms with Crippen LogP contribution < -0.4 is 9.47 Å². The second kappa shape index (κ2) is 9.28. The number of ether oxygens (including phenoxy) is 2. The highest BCUT2D eigenvalue weighted by molar-refractivity contribution is 9.10. The standard InChI is InChI=1S/C25H26BrNO4/c1-30-22-13-20(21(26)14-23(22)31-2)24(27-11-5-8-19(15-27)25(28)29)18-10-9-16-6-3-4-7-17(16)12-18/h3-4,6-7,9-10,12-14,19,24H,5,8,11,15H2,1-2H3,(H,28,29). The first-order valence-electron chi connectivity index (χ1n) is 10.4. The minimum absolute atomic E-state index is 0.110. The van der Waals surface area contributed by atoms with Crippen molar-refractivity contribution < 1.29 is 19.4 Å². The van der Waals surface area contributed by atoms with Gasteiger partial charge in [0.2, 0.25) is 0 Å². The van der Waals surface area contributed by atoms with E-state index in [4.69, 9.17) is 9.47 Å². The van der Waals surface area contributed by atoms with Gasteiger partial charge in [0.1, 0.15) is 0 Å². The number of carboxylic acids is 1. The van der Waals surface area contributed by atoms with Gasteiger partial charge in [0.15, 0.2) is 11.5 Å². The molecule has 5 nitrogen and oxygen atoms in total. The van der Waals surface area contributed by atoms with Crippen molar-refractivity contribution in [2.24, 2.45) is 5.92 Å². The Bertz CT molecular complexity index is 1100. The van der Waals surface area contributed by atoms with E-state index in [-0.39, 0.29) is 12.0 Å². The lowest BCUT2D eigenvalue weighted by atomic mass is 9.90. The molecule has 0 amide bonds. The van der Waals surface area contributed by atoms with Crippen molar-refractivity contribution in [3.8, 4) is 11.5 Å². The summed E-state index contributed by atoms with van der Waals surface area (Å²) in [6.07, 6.45) is 1.56. The second-order valence-electron chi connectivity index (χ2n) is 7.91. The zero-order valence-electron chi connectivity index (χ0n) is 17.7. The molecule has 0 aliphatic carbocycles. The topological polar surface area (TPSA) is 59.0 Å².